The molecule has 0 bridgehead atoms. The van der Waals surface area contributed by atoms with Crippen LogP contribution < -0.4 is 15.1 Å². The van der Waals surface area contributed by atoms with Crippen LogP contribution >= 0.6 is 0 Å². The van der Waals surface area contributed by atoms with Crippen molar-refractivity contribution in [2.24, 2.45) is 0 Å². The Hall–Kier alpha value is -2.90. The van der Waals surface area contributed by atoms with E-state index < -0.39 is 0 Å². The number of aromatic nitrogens is 5. The Morgan fingerprint density at radius 3 is 2.61 bits per heavy atom. The van der Waals surface area contributed by atoms with E-state index in [4.69, 9.17) is 5.10 Å². The lowest BCUT2D eigenvalue weighted by atomic mass is 10.2. The van der Waals surface area contributed by atoms with Gasteiger partial charge < -0.3 is 15.1 Å². The quantitative estimate of drug-likeness (QED) is 0.731. The maximum Gasteiger partial charge on any atom is 0.224 e. The fourth-order valence-corrected chi connectivity index (χ4v) is 3.85. The molecule has 5 rings (SSSR count). The zero-order valence-corrected chi connectivity index (χ0v) is 16.5. The van der Waals surface area contributed by atoms with Crippen molar-refractivity contribution >= 4 is 23.1 Å². The van der Waals surface area contributed by atoms with Crippen molar-refractivity contribution in [1.29, 1.82) is 0 Å². The molecule has 1 saturated carbocycles. The lowest BCUT2D eigenvalue weighted by molar-refractivity contribution is 0.641. The summed E-state index contributed by atoms with van der Waals surface area (Å²) >= 11 is 0. The first-order chi connectivity index (χ1) is 13.7. The van der Waals surface area contributed by atoms with E-state index in [0.29, 0.717) is 11.9 Å². The van der Waals surface area contributed by atoms with Gasteiger partial charge in [0.1, 0.15) is 11.3 Å². The van der Waals surface area contributed by atoms with Crippen LogP contribution in [-0.4, -0.2) is 57.3 Å². The third kappa shape index (κ3) is 3.23. The second-order valence-electron chi connectivity index (χ2n) is 7.62. The van der Waals surface area contributed by atoms with Crippen LogP contribution in [0.4, 0.5) is 17.6 Å². The van der Waals surface area contributed by atoms with Crippen molar-refractivity contribution in [2.75, 3.05) is 47.8 Å². The lowest BCUT2D eigenvalue weighted by Crippen LogP contribution is -2.47. The number of rotatable bonds is 5. The summed E-state index contributed by atoms with van der Waals surface area (Å²) in [5, 5.41) is 7.97. The number of hydrogen-bond donors (Lipinski definition) is 1. The highest BCUT2D eigenvalue weighted by molar-refractivity contribution is 5.70. The van der Waals surface area contributed by atoms with Crippen molar-refractivity contribution in [1.82, 2.24) is 24.6 Å². The molecule has 1 saturated heterocycles. The van der Waals surface area contributed by atoms with Gasteiger partial charge in [0, 0.05) is 62.8 Å². The molecular weight excluding hydrogens is 352 g/mol. The second kappa shape index (κ2) is 6.92. The highest BCUT2D eigenvalue weighted by Crippen LogP contribution is 2.40. The highest BCUT2D eigenvalue weighted by Gasteiger charge is 2.28. The van der Waals surface area contributed by atoms with Gasteiger partial charge in [0.15, 0.2) is 5.82 Å². The molecule has 4 heterocycles. The summed E-state index contributed by atoms with van der Waals surface area (Å²) in [5.41, 5.74) is 3.31. The Labute approximate surface area is 164 Å². The number of fused-ring (bicyclic) bond motifs is 1. The number of nitrogens with zero attached hydrogens (tertiary/aromatic N) is 7. The molecule has 3 aromatic rings. The average Bonchev–Trinajstić information content (AvgIpc) is 3.46. The van der Waals surface area contributed by atoms with E-state index >= 15 is 0 Å². The van der Waals surface area contributed by atoms with Gasteiger partial charge in [-0.05, 0) is 32.8 Å². The van der Waals surface area contributed by atoms with Crippen molar-refractivity contribution < 1.29 is 0 Å². The first-order valence-corrected chi connectivity index (χ1v) is 10.1. The van der Waals surface area contributed by atoms with E-state index in [1.165, 1.54) is 18.5 Å². The number of hydrogen-bond acceptors (Lipinski definition) is 7. The number of aryl methyl sites for hydroxylation is 1. The van der Waals surface area contributed by atoms with Crippen molar-refractivity contribution in [2.45, 2.75) is 32.6 Å². The molecule has 1 aliphatic carbocycles. The second-order valence-corrected chi connectivity index (χ2v) is 7.62. The molecule has 0 spiro atoms. The van der Waals surface area contributed by atoms with Crippen LogP contribution in [0.2, 0.25) is 0 Å². The summed E-state index contributed by atoms with van der Waals surface area (Å²) < 4.78 is 1.98. The molecule has 3 aromatic heterocycles. The third-order valence-corrected chi connectivity index (χ3v) is 5.46. The van der Waals surface area contributed by atoms with Crippen LogP contribution in [0, 0.1) is 6.92 Å². The molecular formula is C20H26N8. The topological polar surface area (TPSA) is 74.5 Å². The molecule has 2 aliphatic rings. The maximum atomic E-state index is 4.75. The number of piperazine rings is 1. The standard InChI is InChI=1S/C20H26N8/c1-3-21-20-23-14(2)12-18(24-20)26-8-10-27(11-9-26)19-17-13-16(15-4-5-15)25-28(17)7-6-22-19/h6-7,12-13,15H,3-5,8-11H2,1-2H3,(H,21,23,24). The van der Waals surface area contributed by atoms with Crippen LogP contribution in [0.25, 0.3) is 5.52 Å². The summed E-state index contributed by atoms with van der Waals surface area (Å²) in [4.78, 5) is 18.5. The first-order valence-electron chi connectivity index (χ1n) is 10.1. The molecule has 2 fully saturated rings. The Morgan fingerprint density at radius 1 is 1.07 bits per heavy atom. The minimum Gasteiger partial charge on any atom is -0.354 e. The molecule has 8 nitrogen and oxygen atoms in total. The van der Waals surface area contributed by atoms with Gasteiger partial charge in [-0.2, -0.15) is 10.1 Å². The summed E-state index contributed by atoms with van der Waals surface area (Å²) in [6.45, 7) is 8.54. The molecule has 0 aromatic carbocycles. The SMILES string of the molecule is CCNc1nc(C)cc(N2CCN(c3nccn4nc(C5CC5)cc34)CC2)n1. The number of nitrogens with one attached hydrogen (secondary N) is 1. The zero-order valence-electron chi connectivity index (χ0n) is 16.5. The van der Waals surface area contributed by atoms with E-state index in [1.807, 2.05) is 23.8 Å². The minimum atomic E-state index is 0.650. The van der Waals surface area contributed by atoms with Crippen LogP contribution in [0.15, 0.2) is 24.5 Å². The summed E-state index contributed by atoms with van der Waals surface area (Å²) in [7, 11) is 0. The lowest BCUT2D eigenvalue weighted by Gasteiger charge is -2.36. The normalized spacial score (nSPS) is 17.4. The molecule has 0 radical (unpaired) electrons. The Kier molecular flexibility index (Phi) is 4.26. The smallest absolute Gasteiger partial charge is 0.224 e. The Morgan fingerprint density at radius 2 is 1.86 bits per heavy atom. The molecule has 1 aliphatic heterocycles. The van der Waals surface area contributed by atoms with Gasteiger partial charge in [-0.3, -0.25) is 0 Å². The molecule has 0 unspecified atom stereocenters. The van der Waals surface area contributed by atoms with E-state index in [-0.39, 0.29) is 0 Å². The Bertz CT molecular complexity index is 985. The largest absolute Gasteiger partial charge is 0.354 e. The van der Waals surface area contributed by atoms with Crippen LogP contribution in [0.3, 0.4) is 0 Å². The molecule has 0 amide bonds. The van der Waals surface area contributed by atoms with Gasteiger partial charge in [-0.25, -0.2) is 14.5 Å². The summed E-state index contributed by atoms with van der Waals surface area (Å²) in [5.74, 6) is 3.39. The Balaban J connectivity index is 1.34. The van der Waals surface area contributed by atoms with E-state index in [2.05, 4.69) is 49.1 Å². The first kappa shape index (κ1) is 17.2. The summed E-state index contributed by atoms with van der Waals surface area (Å²) in [6.07, 6.45) is 6.33. The molecule has 146 valence electrons. The van der Waals surface area contributed by atoms with E-state index in [0.717, 1.165) is 55.6 Å². The highest BCUT2D eigenvalue weighted by atomic mass is 15.3. The fourth-order valence-electron chi connectivity index (χ4n) is 3.85. The van der Waals surface area contributed by atoms with Crippen LogP contribution in [-0.2, 0) is 0 Å². The van der Waals surface area contributed by atoms with E-state index in [9.17, 15) is 0 Å². The predicted octanol–water partition coefficient (Wildman–Crippen LogP) is 2.46. The van der Waals surface area contributed by atoms with Crippen molar-refractivity contribution in [3.63, 3.8) is 0 Å². The monoisotopic (exact) mass is 378 g/mol. The maximum absolute atomic E-state index is 4.75. The van der Waals surface area contributed by atoms with Crippen molar-refractivity contribution in [3.05, 3.63) is 35.9 Å². The molecule has 0 atom stereocenters. The van der Waals surface area contributed by atoms with Gasteiger partial charge in [0.2, 0.25) is 5.95 Å². The predicted molar refractivity (Wildman–Crippen MR) is 110 cm³/mol. The fraction of sp³-hybridized carbons (Fsp3) is 0.500. The third-order valence-electron chi connectivity index (χ3n) is 5.46. The van der Waals surface area contributed by atoms with Gasteiger partial charge in [-0.15, -0.1) is 0 Å². The molecule has 28 heavy (non-hydrogen) atoms. The van der Waals surface area contributed by atoms with Crippen LogP contribution in [0.5, 0.6) is 0 Å². The zero-order chi connectivity index (χ0) is 19.1. The van der Waals surface area contributed by atoms with Crippen molar-refractivity contribution in [3.8, 4) is 0 Å². The molecule has 8 heteroatoms. The van der Waals surface area contributed by atoms with E-state index in [1.54, 1.807) is 0 Å². The van der Waals surface area contributed by atoms with Gasteiger partial charge in [-0.1, -0.05) is 0 Å². The van der Waals surface area contributed by atoms with Gasteiger partial charge >= 0.3 is 0 Å². The molecule has 1 N–H and O–H groups in total. The minimum absolute atomic E-state index is 0.650. The average molecular weight is 378 g/mol. The van der Waals surface area contributed by atoms with Gasteiger partial charge in [0.25, 0.3) is 0 Å². The summed E-state index contributed by atoms with van der Waals surface area (Å²) in [6, 6.07) is 4.29. The number of anilines is 3. The van der Waals surface area contributed by atoms with Crippen LogP contribution in [0.1, 0.15) is 37.1 Å². The van der Waals surface area contributed by atoms with Gasteiger partial charge in [0.05, 0.1) is 5.69 Å².